The van der Waals surface area contributed by atoms with Crippen LogP contribution in [0.3, 0.4) is 0 Å². The Morgan fingerprint density at radius 1 is 1.47 bits per heavy atom. The van der Waals surface area contributed by atoms with Crippen LogP contribution in [0.15, 0.2) is 0 Å². The molecule has 0 spiro atoms. The van der Waals surface area contributed by atoms with Crippen molar-refractivity contribution in [2.45, 2.75) is 25.5 Å². The molecule has 1 aliphatic carbocycles. The van der Waals surface area contributed by atoms with Crippen LogP contribution in [0.25, 0.3) is 0 Å². The first-order valence-corrected chi connectivity index (χ1v) is 4.81. The minimum absolute atomic E-state index is 0.291. The summed E-state index contributed by atoms with van der Waals surface area (Å²) in [6.07, 6.45) is 6.86. The van der Waals surface area contributed by atoms with E-state index in [0.29, 0.717) is 5.92 Å². The monoisotopic (exact) mass is 210 g/mol. The van der Waals surface area contributed by atoms with E-state index in [-0.39, 0.29) is 12.5 Å². The van der Waals surface area contributed by atoms with Crippen LogP contribution >= 0.6 is 0 Å². The Bertz CT molecular complexity index is 216. The van der Waals surface area contributed by atoms with Crippen molar-refractivity contribution in [3.05, 3.63) is 31.6 Å². The lowest BCUT2D eigenvalue weighted by molar-refractivity contribution is -0.121. The molecule has 5 radical (unpaired) electrons. The van der Waals surface area contributed by atoms with Gasteiger partial charge in [-0.05, 0) is 39.5 Å². The number of hydrogen-bond acceptors (Lipinski definition) is 3. The topological polar surface area (TPSA) is 69.6 Å². The molecule has 0 heterocycles. The fraction of sp³-hybridized carbons (Fsp3) is 0.455. The summed E-state index contributed by atoms with van der Waals surface area (Å²) in [7, 11) is 0. The number of aliphatic hydroxyl groups is 2. The van der Waals surface area contributed by atoms with Gasteiger partial charge in [-0.2, -0.15) is 0 Å². The van der Waals surface area contributed by atoms with E-state index in [0.717, 1.165) is 0 Å². The van der Waals surface area contributed by atoms with Crippen LogP contribution < -0.4 is 5.32 Å². The quantitative estimate of drug-likeness (QED) is 0.593. The molecule has 4 nitrogen and oxygen atoms in total. The molecule has 1 rings (SSSR count). The number of rotatable bonds is 4. The minimum atomic E-state index is -1.14. The second-order valence-corrected chi connectivity index (χ2v) is 4.04. The molecule has 0 unspecified atom stereocenters. The molecule has 0 bridgehead atoms. The Balaban J connectivity index is 2.47. The van der Waals surface area contributed by atoms with Crippen molar-refractivity contribution in [1.29, 1.82) is 0 Å². The van der Waals surface area contributed by atoms with Crippen LogP contribution in [0.1, 0.15) is 13.8 Å². The van der Waals surface area contributed by atoms with Crippen molar-refractivity contribution in [2.75, 3.05) is 6.61 Å². The first-order valence-electron chi connectivity index (χ1n) is 4.81. The predicted octanol–water partition coefficient (Wildman–Crippen LogP) is -0.360. The largest absolute Gasteiger partial charge is 0.394 e. The van der Waals surface area contributed by atoms with E-state index in [1.165, 1.54) is 0 Å². The fourth-order valence-corrected chi connectivity index (χ4v) is 1.21. The molecule has 1 fully saturated rings. The van der Waals surface area contributed by atoms with Gasteiger partial charge in [0.25, 0.3) is 0 Å². The Hall–Kier alpha value is -0.610. The van der Waals surface area contributed by atoms with Crippen molar-refractivity contribution >= 4 is 5.91 Å². The molecular formula is C11H16NO3. The molecule has 0 aromatic heterocycles. The molecule has 1 aliphatic rings. The van der Waals surface area contributed by atoms with Gasteiger partial charge in [0.2, 0.25) is 5.91 Å². The number of carbonyl (C=O) groups excluding carboxylic acids is 1. The Morgan fingerprint density at radius 2 is 2.00 bits per heavy atom. The molecule has 4 heteroatoms. The van der Waals surface area contributed by atoms with E-state index in [2.05, 4.69) is 5.32 Å². The molecule has 1 atom stereocenters. The summed E-state index contributed by atoms with van der Waals surface area (Å²) in [6.45, 7) is 2.79. The lowest BCUT2D eigenvalue weighted by atomic mass is 9.98. The van der Waals surface area contributed by atoms with Gasteiger partial charge in [-0.1, -0.05) is 0 Å². The highest BCUT2D eigenvalue weighted by Crippen LogP contribution is 2.23. The van der Waals surface area contributed by atoms with Gasteiger partial charge < -0.3 is 15.5 Å². The Labute approximate surface area is 90.7 Å². The maximum Gasteiger partial charge on any atom is 0.228 e. The zero-order valence-corrected chi connectivity index (χ0v) is 8.90. The van der Waals surface area contributed by atoms with Crippen molar-refractivity contribution in [2.24, 2.45) is 0 Å². The summed E-state index contributed by atoms with van der Waals surface area (Å²) in [6, 6.07) is -0.667. The van der Waals surface area contributed by atoms with Gasteiger partial charge in [0.05, 0.1) is 24.2 Å². The first kappa shape index (κ1) is 12.5. The highest BCUT2D eigenvalue weighted by Gasteiger charge is 2.31. The predicted molar refractivity (Wildman–Crippen MR) is 55.8 cm³/mol. The summed E-state index contributed by atoms with van der Waals surface area (Å²) in [5, 5.41) is 21.3. The highest BCUT2D eigenvalue weighted by atomic mass is 16.3. The Morgan fingerprint density at radius 3 is 2.40 bits per heavy atom. The molecule has 1 amide bonds. The molecule has 0 aliphatic heterocycles. The molecule has 0 saturated heterocycles. The summed E-state index contributed by atoms with van der Waals surface area (Å²) >= 11 is 0. The lowest BCUT2D eigenvalue weighted by Gasteiger charge is -2.29. The highest BCUT2D eigenvalue weighted by molar-refractivity contribution is 5.96. The van der Waals surface area contributed by atoms with E-state index in [4.69, 9.17) is 5.11 Å². The van der Waals surface area contributed by atoms with Crippen LogP contribution in [-0.2, 0) is 4.79 Å². The van der Waals surface area contributed by atoms with Gasteiger partial charge in [0.15, 0.2) is 0 Å². The summed E-state index contributed by atoms with van der Waals surface area (Å²) < 4.78 is 0. The molecule has 3 N–H and O–H groups in total. The number of aliphatic hydroxyl groups excluding tert-OH is 1. The van der Waals surface area contributed by atoms with Crippen molar-refractivity contribution < 1.29 is 15.0 Å². The van der Waals surface area contributed by atoms with Gasteiger partial charge in [-0.15, -0.1) is 0 Å². The van der Waals surface area contributed by atoms with Crippen molar-refractivity contribution in [3.8, 4) is 0 Å². The minimum Gasteiger partial charge on any atom is -0.394 e. The van der Waals surface area contributed by atoms with Crippen LogP contribution in [0, 0.1) is 31.6 Å². The van der Waals surface area contributed by atoms with Crippen LogP contribution in [-0.4, -0.2) is 34.4 Å². The van der Waals surface area contributed by atoms with E-state index < -0.39 is 11.6 Å². The van der Waals surface area contributed by atoms with E-state index in [1.807, 2.05) is 0 Å². The summed E-state index contributed by atoms with van der Waals surface area (Å²) in [4.78, 5) is 11.6. The van der Waals surface area contributed by atoms with Crippen molar-refractivity contribution in [1.82, 2.24) is 5.32 Å². The number of amides is 1. The maximum absolute atomic E-state index is 11.6. The summed E-state index contributed by atoms with van der Waals surface area (Å²) in [5.74, 6) is 0.235. The molecule has 1 saturated carbocycles. The Kier molecular flexibility index (Phi) is 4.11. The van der Waals surface area contributed by atoms with Gasteiger partial charge in [0.1, 0.15) is 0 Å². The second-order valence-electron chi connectivity index (χ2n) is 4.04. The van der Waals surface area contributed by atoms with Gasteiger partial charge in [0, 0.05) is 0 Å². The van der Waals surface area contributed by atoms with Crippen LogP contribution in [0.4, 0.5) is 0 Å². The third-order valence-corrected chi connectivity index (χ3v) is 2.27. The third-order valence-electron chi connectivity index (χ3n) is 2.27. The van der Waals surface area contributed by atoms with E-state index >= 15 is 0 Å². The first-order chi connectivity index (χ1) is 6.95. The molecule has 0 aromatic rings. The summed E-state index contributed by atoms with van der Waals surface area (Å²) in [5.41, 5.74) is -1.14. The average molecular weight is 210 g/mol. The lowest BCUT2D eigenvalue weighted by Crippen LogP contribution is -2.52. The number of carbonyl (C=O) groups is 1. The molecular weight excluding hydrogens is 194 g/mol. The maximum atomic E-state index is 11.6. The number of nitrogens with one attached hydrogen (secondary N) is 1. The van der Waals surface area contributed by atoms with Crippen LogP contribution in [0.2, 0.25) is 0 Å². The third kappa shape index (κ3) is 3.47. The fourth-order valence-electron chi connectivity index (χ4n) is 1.21. The van der Waals surface area contributed by atoms with Gasteiger partial charge in [-0.25, -0.2) is 0 Å². The average Bonchev–Trinajstić information content (AvgIpc) is 2.64. The van der Waals surface area contributed by atoms with Crippen LogP contribution in [0.5, 0.6) is 0 Å². The second kappa shape index (κ2) is 4.94. The zero-order valence-electron chi connectivity index (χ0n) is 8.90. The van der Waals surface area contributed by atoms with E-state index in [9.17, 15) is 9.90 Å². The zero-order chi connectivity index (χ0) is 11.5. The van der Waals surface area contributed by atoms with Gasteiger partial charge in [-0.3, -0.25) is 4.79 Å². The molecule has 0 aromatic carbocycles. The number of hydrogen-bond donors (Lipinski definition) is 3. The SMILES string of the molecule is CC(C)(O)[C@H](CO)NC(=O)[C]1[CH][CH][CH][CH]1. The normalized spacial score (nSPS) is 20.3. The molecule has 83 valence electrons. The van der Waals surface area contributed by atoms with Crippen molar-refractivity contribution in [3.63, 3.8) is 0 Å². The van der Waals surface area contributed by atoms with Gasteiger partial charge >= 0.3 is 0 Å². The van der Waals surface area contributed by atoms with E-state index in [1.54, 1.807) is 39.5 Å². The standard InChI is InChI=1S/C11H16NO3/c1-11(2,15)9(7-13)12-10(14)8-5-3-4-6-8/h3-6,9,13,15H,7H2,1-2H3,(H,12,14)/t9-/m0/s1. The smallest absolute Gasteiger partial charge is 0.228 e. The molecule has 15 heavy (non-hydrogen) atoms.